The van der Waals surface area contributed by atoms with Gasteiger partial charge in [0.15, 0.2) is 11.6 Å². The lowest BCUT2D eigenvalue weighted by molar-refractivity contribution is 0.313. The fourth-order valence-corrected chi connectivity index (χ4v) is 3.27. The molecule has 0 atom stereocenters. The molecule has 6 heteroatoms. The van der Waals surface area contributed by atoms with Gasteiger partial charge in [0.25, 0.3) is 0 Å². The van der Waals surface area contributed by atoms with E-state index in [-0.39, 0.29) is 0 Å². The molecule has 0 bridgehead atoms. The largest absolute Gasteiger partial charge is 0.461 e. The fraction of sp³-hybridized carbons (Fsp3) is 0.389. The highest BCUT2D eigenvalue weighted by Crippen LogP contribution is 2.23. The van der Waals surface area contributed by atoms with Gasteiger partial charge in [-0.05, 0) is 50.4 Å². The zero-order valence-electron chi connectivity index (χ0n) is 13.8. The van der Waals surface area contributed by atoms with Crippen molar-refractivity contribution in [1.82, 2.24) is 25.1 Å². The van der Waals surface area contributed by atoms with Crippen molar-refractivity contribution in [3.63, 3.8) is 0 Å². The standard InChI is InChI=1S/C18H21N5O/c1-23(12-16-14-5-2-3-6-15(14)21-22-16)11-13-9-19-18(20-10-13)17-7-4-8-24-17/h4,7-10H,2-3,5-6,11-12H2,1H3,(H,21,22). The summed E-state index contributed by atoms with van der Waals surface area (Å²) in [5.41, 5.74) is 5.02. The van der Waals surface area contributed by atoms with Crippen molar-refractivity contribution in [3.05, 3.63) is 53.3 Å². The Labute approximate surface area is 140 Å². The molecular weight excluding hydrogens is 302 g/mol. The Morgan fingerprint density at radius 3 is 2.79 bits per heavy atom. The minimum atomic E-state index is 0.618. The van der Waals surface area contributed by atoms with Crippen molar-refractivity contribution in [2.24, 2.45) is 0 Å². The number of aromatic nitrogens is 4. The van der Waals surface area contributed by atoms with E-state index in [1.165, 1.54) is 29.8 Å². The summed E-state index contributed by atoms with van der Waals surface area (Å²) in [6.45, 7) is 1.63. The van der Waals surface area contributed by atoms with Crippen molar-refractivity contribution >= 4 is 0 Å². The number of nitrogens with one attached hydrogen (secondary N) is 1. The lowest BCUT2D eigenvalue weighted by Crippen LogP contribution is -2.19. The molecule has 1 aliphatic rings. The molecular formula is C18H21N5O. The molecule has 124 valence electrons. The first-order valence-electron chi connectivity index (χ1n) is 8.38. The normalized spacial score (nSPS) is 14.1. The molecule has 3 aromatic rings. The lowest BCUT2D eigenvalue weighted by atomic mass is 9.96. The van der Waals surface area contributed by atoms with E-state index in [0.717, 1.165) is 31.5 Å². The molecule has 6 nitrogen and oxygen atoms in total. The molecule has 4 rings (SSSR count). The van der Waals surface area contributed by atoms with Gasteiger partial charge in [0.05, 0.1) is 12.0 Å². The van der Waals surface area contributed by atoms with E-state index >= 15 is 0 Å². The quantitative estimate of drug-likeness (QED) is 0.781. The number of aryl methyl sites for hydroxylation is 1. The van der Waals surface area contributed by atoms with Crippen LogP contribution in [0.25, 0.3) is 11.6 Å². The maximum atomic E-state index is 5.32. The highest BCUT2D eigenvalue weighted by atomic mass is 16.3. The summed E-state index contributed by atoms with van der Waals surface area (Å²) in [6.07, 6.45) is 10.2. The van der Waals surface area contributed by atoms with E-state index in [1.54, 1.807) is 6.26 Å². The Morgan fingerprint density at radius 1 is 1.17 bits per heavy atom. The average molecular weight is 323 g/mol. The van der Waals surface area contributed by atoms with E-state index in [4.69, 9.17) is 4.42 Å². The predicted molar refractivity (Wildman–Crippen MR) is 90.1 cm³/mol. The monoisotopic (exact) mass is 323 g/mol. The van der Waals surface area contributed by atoms with Crippen LogP contribution in [-0.4, -0.2) is 32.1 Å². The smallest absolute Gasteiger partial charge is 0.195 e. The maximum absolute atomic E-state index is 5.32. The molecule has 0 amide bonds. The molecule has 0 spiro atoms. The molecule has 24 heavy (non-hydrogen) atoms. The third kappa shape index (κ3) is 3.10. The minimum Gasteiger partial charge on any atom is -0.461 e. The molecule has 1 aliphatic carbocycles. The molecule has 0 aliphatic heterocycles. The van der Waals surface area contributed by atoms with Crippen LogP contribution in [0.15, 0.2) is 35.2 Å². The number of rotatable bonds is 5. The van der Waals surface area contributed by atoms with Gasteiger partial charge in [-0.15, -0.1) is 0 Å². The Balaban J connectivity index is 1.41. The molecule has 0 fully saturated rings. The third-order valence-corrected chi connectivity index (χ3v) is 4.46. The summed E-state index contributed by atoms with van der Waals surface area (Å²) in [5.74, 6) is 1.31. The predicted octanol–water partition coefficient (Wildman–Crippen LogP) is 2.97. The second-order valence-corrected chi connectivity index (χ2v) is 6.40. The van der Waals surface area contributed by atoms with Crippen LogP contribution in [0.1, 0.15) is 35.4 Å². The molecule has 0 aromatic carbocycles. The van der Waals surface area contributed by atoms with E-state index in [1.807, 2.05) is 24.5 Å². The van der Waals surface area contributed by atoms with Crippen LogP contribution in [0.2, 0.25) is 0 Å². The lowest BCUT2D eigenvalue weighted by Gasteiger charge is -2.17. The van der Waals surface area contributed by atoms with E-state index in [0.29, 0.717) is 11.6 Å². The van der Waals surface area contributed by atoms with Gasteiger partial charge in [-0.1, -0.05) is 0 Å². The van der Waals surface area contributed by atoms with Gasteiger partial charge in [0.2, 0.25) is 0 Å². The first-order chi connectivity index (χ1) is 11.8. The summed E-state index contributed by atoms with van der Waals surface area (Å²) >= 11 is 0. The maximum Gasteiger partial charge on any atom is 0.195 e. The number of hydrogen-bond acceptors (Lipinski definition) is 5. The third-order valence-electron chi connectivity index (χ3n) is 4.46. The van der Waals surface area contributed by atoms with Gasteiger partial charge in [0, 0.05) is 36.7 Å². The van der Waals surface area contributed by atoms with Gasteiger partial charge in [-0.2, -0.15) is 5.10 Å². The summed E-state index contributed by atoms with van der Waals surface area (Å²) in [5, 5.41) is 7.72. The SMILES string of the molecule is CN(Cc1cnc(-c2ccco2)nc1)Cc1n[nH]c2c1CCCC2. The first kappa shape index (κ1) is 15.1. The topological polar surface area (TPSA) is 70.8 Å². The van der Waals surface area contributed by atoms with Gasteiger partial charge in [-0.3, -0.25) is 10.00 Å². The number of furan rings is 1. The molecule has 0 saturated heterocycles. The number of aromatic amines is 1. The molecule has 0 saturated carbocycles. The van der Waals surface area contributed by atoms with E-state index in [2.05, 4.69) is 32.1 Å². The van der Waals surface area contributed by atoms with Crippen molar-refractivity contribution in [3.8, 4) is 11.6 Å². The highest BCUT2D eigenvalue weighted by molar-refractivity contribution is 5.45. The fourth-order valence-electron chi connectivity index (χ4n) is 3.27. The average Bonchev–Trinajstić information content (AvgIpc) is 3.26. The zero-order valence-corrected chi connectivity index (χ0v) is 13.8. The Hall–Kier alpha value is -2.47. The van der Waals surface area contributed by atoms with Crippen LogP contribution in [0.5, 0.6) is 0 Å². The van der Waals surface area contributed by atoms with Crippen LogP contribution in [-0.2, 0) is 25.9 Å². The zero-order chi connectivity index (χ0) is 16.4. The van der Waals surface area contributed by atoms with Gasteiger partial charge >= 0.3 is 0 Å². The number of fused-ring (bicyclic) bond motifs is 1. The summed E-state index contributed by atoms with van der Waals surface area (Å²) in [6, 6.07) is 3.70. The molecule has 0 unspecified atom stereocenters. The van der Waals surface area contributed by atoms with Crippen molar-refractivity contribution in [1.29, 1.82) is 0 Å². The van der Waals surface area contributed by atoms with Crippen molar-refractivity contribution < 1.29 is 4.42 Å². The van der Waals surface area contributed by atoms with Crippen LogP contribution in [0.3, 0.4) is 0 Å². The van der Waals surface area contributed by atoms with Gasteiger partial charge in [0.1, 0.15) is 0 Å². The van der Waals surface area contributed by atoms with Crippen LogP contribution in [0.4, 0.5) is 0 Å². The van der Waals surface area contributed by atoms with Crippen LogP contribution in [0, 0.1) is 0 Å². The second-order valence-electron chi connectivity index (χ2n) is 6.40. The summed E-state index contributed by atoms with van der Waals surface area (Å²) in [4.78, 5) is 11.0. The van der Waals surface area contributed by atoms with Crippen molar-refractivity contribution in [2.75, 3.05) is 7.05 Å². The van der Waals surface area contributed by atoms with Crippen LogP contribution < -0.4 is 0 Å². The number of nitrogens with zero attached hydrogens (tertiary/aromatic N) is 4. The van der Waals surface area contributed by atoms with Gasteiger partial charge in [-0.25, -0.2) is 9.97 Å². The molecule has 3 heterocycles. The second kappa shape index (κ2) is 6.57. The Kier molecular flexibility index (Phi) is 4.13. The molecule has 1 N–H and O–H groups in total. The van der Waals surface area contributed by atoms with Crippen LogP contribution >= 0.6 is 0 Å². The summed E-state index contributed by atoms with van der Waals surface area (Å²) < 4.78 is 5.32. The molecule has 3 aromatic heterocycles. The summed E-state index contributed by atoms with van der Waals surface area (Å²) in [7, 11) is 2.10. The highest BCUT2D eigenvalue weighted by Gasteiger charge is 2.17. The van der Waals surface area contributed by atoms with E-state index < -0.39 is 0 Å². The Bertz CT molecular complexity index is 791. The minimum absolute atomic E-state index is 0.618. The number of hydrogen-bond donors (Lipinski definition) is 1. The van der Waals surface area contributed by atoms with Crippen molar-refractivity contribution in [2.45, 2.75) is 38.8 Å². The number of H-pyrrole nitrogens is 1. The molecule has 0 radical (unpaired) electrons. The van der Waals surface area contributed by atoms with E-state index in [9.17, 15) is 0 Å². The van der Waals surface area contributed by atoms with Gasteiger partial charge < -0.3 is 4.42 Å². The Morgan fingerprint density at radius 2 is 2.00 bits per heavy atom. The first-order valence-corrected chi connectivity index (χ1v) is 8.38.